The molecule has 2 aromatic carbocycles. The normalized spacial score (nSPS) is 23.9. The number of anilines is 1. The standard InChI is InChI=1S/C27H34N2O/c30-26-27(16-7-11-23-10-6-12-24(28-26)25(23)27)15-4-5-17-29-18-13-22(14-19-29)20-21-8-2-1-3-9-21/h1-3,6,8-10,12,22H,4-5,7,11,13-20H2,(H,28,30). The predicted octanol–water partition coefficient (Wildman–Crippen LogP) is 5.34. The first-order valence-electron chi connectivity index (χ1n) is 11.9. The Morgan fingerprint density at radius 3 is 2.67 bits per heavy atom. The van der Waals surface area contributed by atoms with Gasteiger partial charge in [0.2, 0.25) is 5.91 Å². The van der Waals surface area contributed by atoms with Crippen molar-refractivity contribution in [2.75, 3.05) is 25.0 Å². The van der Waals surface area contributed by atoms with Gasteiger partial charge in [-0.3, -0.25) is 4.79 Å². The summed E-state index contributed by atoms with van der Waals surface area (Å²) in [6, 6.07) is 17.4. The van der Waals surface area contributed by atoms with Crippen molar-refractivity contribution in [3.63, 3.8) is 0 Å². The lowest BCUT2D eigenvalue weighted by atomic mass is 9.68. The molecule has 1 fully saturated rings. The van der Waals surface area contributed by atoms with E-state index in [0.717, 1.165) is 43.7 Å². The van der Waals surface area contributed by atoms with E-state index in [2.05, 4.69) is 58.7 Å². The molecule has 0 bridgehead atoms. The Morgan fingerprint density at radius 1 is 1.00 bits per heavy atom. The third kappa shape index (κ3) is 3.80. The van der Waals surface area contributed by atoms with Crippen molar-refractivity contribution in [2.45, 2.75) is 63.2 Å². The van der Waals surface area contributed by atoms with Crippen LogP contribution >= 0.6 is 0 Å². The third-order valence-electron chi connectivity index (χ3n) is 7.76. The van der Waals surface area contributed by atoms with Gasteiger partial charge in [0, 0.05) is 5.69 Å². The number of nitrogens with one attached hydrogen (secondary N) is 1. The lowest BCUT2D eigenvalue weighted by Crippen LogP contribution is -2.38. The Bertz CT molecular complexity index is 885. The van der Waals surface area contributed by atoms with E-state index in [1.165, 1.54) is 62.0 Å². The number of nitrogens with zero attached hydrogens (tertiary/aromatic N) is 1. The smallest absolute Gasteiger partial charge is 0.235 e. The fraction of sp³-hybridized carbons (Fsp3) is 0.519. The maximum Gasteiger partial charge on any atom is 0.235 e. The largest absolute Gasteiger partial charge is 0.325 e. The van der Waals surface area contributed by atoms with Crippen LogP contribution in [0.2, 0.25) is 0 Å². The van der Waals surface area contributed by atoms with E-state index in [1.807, 2.05) is 0 Å². The van der Waals surface area contributed by atoms with Crippen LogP contribution in [0.1, 0.15) is 61.6 Å². The number of unbranched alkanes of at least 4 members (excludes halogenated alkanes) is 1. The number of rotatable bonds is 7. The first-order valence-corrected chi connectivity index (χ1v) is 11.9. The summed E-state index contributed by atoms with van der Waals surface area (Å²) in [5.74, 6) is 1.09. The van der Waals surface area contributed by atoms with Gasteiger partial charge in [-0.05, 0) is 99.7 Å². The molecule has 1 saturated heterocycles. The van der Waals surface area contributed by atoms with Gasteiger partial charge < -0.3 is 10.2 Å². The molecule has 5 rings (SSSR count). The van der Waals surface area contributed by atoms with Crippen molar-refractivity contribution in [3.8, 4) is 0 Å². The number of benzene rings is 2. The van der Waals surface area contributed by atoms with Crippen molar-refractivity contribution in [1.82, 2.24) is 4.90 Å². The second kappa shape index (κ2) is 8.55. The van der Waals surface area contributed by atoms with Crippen molar-refractivity contribution in [2.24, 2.45) is 5.92 Å². The molecule has 30 heavy (non-hydrogen) atoms. The molecule has 1 unspecified atom stereocenters. The molecule has 1 aliphatic carbocycles. The van der Waals surface area contributed by atoms with E-state index < -0.39 is 0 Å². The molecule has 1 N–H and O–H groups in total. The van der Waals surface area contributed by atoms with E-state index in [-0.39, 0.29) is 11.3 Å². The van der Waals surface area contributed by atoms with Crippen molar-refractivity contribution in [3.05, 3.63) is 65.2 Å². The van der Waals surface area contributed by atoms with Crippen molar-refractivity contribution < 1.29 is 4.79 Å². The number of carbonyl (C=O) groups is 1. The van der Waals surface area contributed by atoms with E-state index in [0.29, 0.717) is 0 Å². The van der Waals surface area contributed by atoms with Crippen LogP contribution in [-0.4, -0.2) is 30.4 Å². The first kappa shape index (κ1) is 19.8. The van der Waals surface area contributed by atoms with Gasteiger partial charge in [-0.25, -0.2) is 0 Å². The van der Waals surface area contributed by atoms with Crippen LogP contribution in [0.4, 0.5) is 5.69 Å². The van der Waals surface area contributed by atoms with Crippen LogP contribution in [-0.2, 0) is 23.1 Å². The molecule has 0 spiro atoms. The van der Waals surface area contributed by atoms with Crippen LogP contribution in [0.5, 0.6) is 0 Å². The Kier molecular flexibility index (Phi) is 5.64. The lowest BCUT2D eigenvalue weighted by molar-refractivity contribution is -0.121. The molecule has 2 aromatic rings. The molecule has 1 atom stereocenters. The molecule has 0 radical (unpaired) electrons. The quantitative estimate of drug-likeness (QED) is 0.634. The zero-order valence-corrected chi connectivity index (χ0v) is 18.0. The molecule has 3 nitrogen and oxygen atoms in total. The minimum absolute atomic E-state index is 0.243. The van der Waals surface area contributed by atoms with Crippen molar-refractivity contribution in [1.29, 1.82) is 0 Å². The highest BCUT2D eigenvalue weighted by Crippen LogP contribution is 2.49. The summed E-state index contributed by atoms with van der Waals surface area (Å²) in [5.41, 5.74) is 5.06. The second-order valence-corrected chi connectivity index (χ2v) is 9.66. The summed E-state index contributed by atoms with van der Waals surface area (Å²) in [7, 11) is 0. The number of hydrogen-bond acceptors (Lipinski definition) is 2. The van der Waals surface area contributed by atoms with Crippen LogP contribution in [0.25, 0.3) is 0 Å². The van der Waals surface area contributed by atoms with E-state index >= 15 is 0 Å². The summed E-state index contributed by atoms with van der Waals surface area (Å²) >= 11 is 0. The van der Waals surface area contributed by atoms with Crippen LogP contribution in [0.15, 0.2) is 48.5 Å². The molecule has 1 amide bonds. The fourth-order valence-corrected chi connectivity index (χ4v) is 6.14. The topological polar surface area (TPSA) is 32.3 Å². The highest BCUT2D eigenvalue weighted by Gasteiger charge is 2.48. The highest BCUT2D eigenvalue weighted by molar-refractivity contribution is 6.07. The maximum absolute atomic E-state index is 12.9. The molecule has 0 aromatic heterocycles. The van der Waals surface area contributed by atoms with Gasteiger partial charge >= 0.3 is 0 Å². The van der Waals surface area contributed by atoms with Crippen LogP contribution < -0.4 is 5.32 Å². The summed E-state index contributed by atoms with van der Waals surface area (Å²) in [4.78, 5) is 15.6. The van der Waals surface area contributed by atoms with Gasteiger partial charge in [-0.1, -0.05) is 48.9 Å². The van der Waals surface area contributed by atoms with Crippen molar-refractivity contribution >= 4 is 11.6 Å². The number of amides is 1. The summed E-state index contributed by atoms with van der Waals surface area (Å²) < 4.78 is 0. The summed E-state index contributed by atoms with van der Waals surface area (Å²) in [6.07, 6.45) is 10.5. The molecule has 2 aliphatic heterocycles. The van der Waals surface area contributed by atoms with Gasteiger partial charge in [-0.2, -0.15) is 0 Å². The average Bonchev–Trinajstić information content (AvgIpc) is 3.07. The predicted molar refractivity (Wildman–Crippen MR) is 123 cm³/mol. The van der Waals surface area contributed by atoms with Gasteiger partial charge in [0.1, 0.15) is 0 Å². The van der Waals surface area contributed by atoms with E-state index in [1.54, 1.807) is 0 Å². The Hall–Kier alpha value is -2.13. The molecule has 3 heteroatoms. The SMILES string of the molecule is O=C1Nc2cccc3c2C1(CCCCN1CCC(Cc2ccccc2)CC1)CCC3. The number of aryl methyl sites for hydroxylation is 1. The average molecular weight is 403 g/mol. The number of hydrogen-bond donors (Lipinski definition) is 1. The number of likely N-dealkylation sites (tertiary alicyclic amines) is 1. The van der Waals surface area contributed by atoms with Crippen LogP contribution in [0, 0.1) is 5.92 Å². The zero-order valence-electron chi connectivity index (χ0n) is 18.0. The molecule has 2 heterocycles. The molecule has 158 valence electrons. The van der Waals surface area contributed by atoms with E-state index in [9.17, 15) is 4.79 Å². The Balaban J connectivity index is 1.10. The fourth-order valence-electron chi connectivity index (χ4n) is 6.14. The molecular formula is C27H34N2O. The first-order chi connectivity index (χ1) is 14.7. The summed E-state index contributed by atoms with van der Waals surface area (Å²) in [6.45, 7) is 3.65. The number of piperidine rings is 1. The maximum atomic E-state index is 12.9. The minimum atomic E-state index is -0.243. The molecule has 3 aliphatic rings. The summed E-state index contributed by atoms with van der Waals surface area (Å²) in [5, 5.41) is 3.19. The lowest BCUT2D eigenvalue weighted by Gasteiger charge is -2.34. The van der Waals surface area contributed by atoms with Gasteiger partial charge in [0.15, 0.2) is 0 Å². The third-order valence-corrected chi connectivity index (χ3v) is 7.76. The highest BCUT2D eigenvalue weighted by atomic mass is 16.2. The molecule has 0 saturated carbocycles. The Labute approximate surface area is 180 Å². The van der Waals surface area contributed by atoms with E-state index in [4.69, 9.17) is 0 Å². The molecular weight excluding hydrogens is 368 g/mol. The van der Waals surface area contributed by atoms with Gasteiger partial charge in [-0.15, -0.1) is 0 Å². The monoisotopic (exact) mass is 402 g/mol. The van der Waals surface area contributed by atoms with Gasteiger partial charge in [0.05, 0.1) is 5.41 Å². The minimum Gasteiger partial charge on any atom is -0.325 e. The Morgan fingerprint density at radius 2 is 1.83 bits per heavy atom. The van der Waals surface area contributed by atoms with Gasteiger partial charge in [0.25, 0.3) is 0 Å². The number of carbonyl (C=O) groups excluding carboxylic acids is 1. The van der Waals surface area contributed by atoms with Crippen LogP contribution in [0.3, 0.4) is 0 Å². The second-order valence-electron chi connectivity index (χ2n) is 9.66. The zero-order chi connectivity index (χ0) is 20.4.